The zero-order valence-electron chi connectivity index (χ0n) is 14.0. The van der Waals surface area contributed by atoms with Crippen LogP contribution in [0, 0.1) is 6.92 Å². The Morgan fingerprint density at radius 1 is 0.960 bits per heavy atom. The van der Waals surface area contributed by atoms with Gasteiger partial charge >= 0.3 is 0 Å². The number of hydrogen-bond donors (Lipinski definition) is 1. The molecule has 4 aromatic rings. The molecule has 0 radical (unpaired) electrons. The summed E-state index contributed by atoms with van der Waals surface area (Å²) in [7, 11) is 0. The van der Waals surface area contributed by atoms with E-state index in [1.165, 1.54) is 0 Å². The van der Waals surface area contributed by atoms with Crippen LogP contribution in [0.4, 0.5) is 5.69 Å². The van der Waals surface area contributed by atoms with Crippen LogP contribution in [0.15, 0.2) is 70.0 Å². The lowest BCUT2D eigenvalue weighted by Crippen LogP contribution is -2.12. The number of hydrogen-bond acceptors (Lipinski definition) is 3. The molecular formula is C21H17NO2S. The van der Waals surface area contributed by atoms with Gasteiger partial charge < -0.3 is 9.73 Å². The van der Waals surface area contributed by atoms with Crippen LogP contribution in [0.25, 0.3) is 21.7 Å². The second-order valence-electron chi connectivity index (χ2n) is 5.87. The molecule has 25 heavy (non-hydrogen) atoms. The normalized spacial score (nSPS) is 11.1. The van der Waals surface area contributed by atoms with Crippen LogP contribution in [0.1, 0.15) is 16.1 Å². The maximum atomic E-state index is 12.8. The molecule has 0 saturated heterocycles. The van der Waals surface area contributed by atoms with Crippen molar-refractivity contribution in [2.75, 3.05) is 11.6 Å². The van der Waals surface area contributed by atoms with Gasteiger partial charge in [0.25, 0.3) is 5.91 Å². The summed E-state index contributed by atoms with van der Waals surface area (Å²) in [5.41, 5.74) is 2.42. The first-order chi connectivity index (χ1) is 12.2. The number of thioether (sulfide) groups is 1. The number of para-hydroxylation sites is 1. The largest absolute Gasteiger partial charge is 0.450 e. The smallest absolute Gasteiger partial charge is 0.291 e. The molecule has 3 nitrogen and oxygen atoms in total. The maximum Gasteiger partial charge on any atom is 0.291 e. The highest BCUT2D eigenvalue weighted by Crippen LogP contribution is 2.32. The van der Waals surface area contributed by atoms with Crippen molar-refractivity contribution in [2.45, 2.75) is 11.8 Å². The molecule has 1 heterocycles. The minimum atomic E-state index is -0.223. The molecule has 1 N–H and O–H groups in total. The second kappa shape index (κ2) is 6.30. The fourth-order valence-electron chi connectivity index (χ4n) is 3.09. The van der Waals surface area contributed by atoms with E-state index < -0.39 is 0 Å². The van der Waals surface area contributed by atoms with Gasteiger partial charge in [-0.05, 0) is 30.7 Å². The van der Waals surface area contributed by atoms with Crippen molar-refractivity contribution < 1.29 is 9.21 Å². The number of anilines is 1. The van der Waals surface area contributed by atoms with E-state index in [9.17, 15) is 4.79 Å². The summed E-state index contributed by atoms with van der Waals surface area (Å²) in [6.45, 7) is 1.93. The molecular weight excluding hydrogens is 330 g/mol. The number of carbonyl (C=O) groups is 1. The topological polar surface area (TPSA) is 42.2 Å². The van der Waals surface area contributed by atoms with Crippen LogP contribution >= 0.6 is 11.8 Å². The first-order valence-corrected chi connectivity index (χ1v) is 9.26. The van der Waals surface area contributed by atoms with Gasteiger partial charge in [-0.2, -0.15) is 0 Å². The molecule has 0 saturated carbocycles. The number of benzene rings is 3. The minimum Gasteiger partial charge on any atom is -0.450 e. The summed E-state index contributed by atoms with van der Waals surface area (Å²) in [5, 5.41) is 6.07. The van der Waals surface area contributed by atoms with E-state index in [1.54, 1.807) is 11.8 Å². The van der Waals surface area contributed by atoms with Gasteiger partial charge in [-0.25, -0.2) is 0 Å². The van der Waals surface area contributed by atoms with Gasteiger partial charge in [0.1, 0.15) is 5.58 Å². The molecule has 4 rings (SSSR count). The van der Waals surface area contributed by atoms with E-state index in [4.69, 9.17) is 4.42 Å². The monoisotopic (exact) mass is 347 g/mol. The molecule has 0 fully saturated rings. The van der Waals surface area contributed by atoms with Gasteiger partial charge in [-0.1, -0.05) is 48.5 Å². The van der Waals surface area contributed by atoms with E-state index >= 15 is 0 Å². The number of furan rings is 1. The van der Waals surface area contributed by atoms with Gasteiger partial charge in [0.2, 0.25) is 0 Å². The predicted molar refractivity (Wildman–Crippen MR) is 105 cm³/mol. The standard InChI is InChI=1S/C21H17NO2S/c1-13-15-12-11-14-7-3-4-8-16(14)20(15)24-19(13)21(23)22-17-9-5-6-10-18(17)25-2/h3-12H,1-2H3,(H,22,23). The fourth-order valence-corrected chi connectivity index (χ4v) is 3.65. The van der Waals surface area contributed by atoms with Crippen molar-refractivity contribution in [3.63, 3.8) is 0 Å². The third-order valence-electron chi connectivity index (χ3n) is 4.39. The quantitative estimate of drug-likeness (QED) is 0.471. The zero-order chi connectivity index (χ0) is 17.4. The molecule has 0 aliphatic rings. The molecule has 0 atom stereocenters. The third kappa shape index (κ3) is 2.68. The average Bonchev–Trinajstić information content (AvgIpc) is 2.99. The first-order valence-electron chi connectivity index (χ1n) is 8.04. The lowest BCUT2D eigenvalue weighted by molar-refractivity contribution is 0.0998. The molecule has 0 bridgehead atoms. The van der Waals surface area contributed by atoms with Gasteiger partial charge in [0.05, 0.1) is 5.69 Å². The summed E-state index contributed by atoms with van der Waals surface area (Å²) in [5.74, 6) is 0.140. The summed E-state index contributed by atoms with van der Waals surface area (Å²) in [6.07, 6.45) is 1.99. The minimum absolute atomic E-state index is 0.223. The SMILES string of the molecule is CSc1ccccc1NC(=O)c1oc2c(ccc3ccccc32)c1C. The first kappa shape index (κ1) is 15.8. The number of rotatable bonds is 3. The lowest BCUT2D eigenvalue weighted by Gasteiger charge is -2.08. The van der Waals surface area contributed by atoms with Gasteiger partial charge in [0, 0.05) is 21.2 Å². The summed E-state index contributed by atoms with van der Waals surface area (Å²) in [6, 6.07) is 19.9. The molecule has 0 aliphatic heterocycles. The van der Waals surface area contributed by atoms with Crippen LogP contribution in [0.2, 0.25) is 0 Å². The van der Waals surface area contributed by atoms with Crippen molar-refractivity contribution in [2.24, 2.45) is 0 Å². The Balaban J connectivity index is 1.80. The van der Waals surface area contributed by atoms with Crippen LogP contribution in [-0.4, -0.2) is 12.2 Å². The summed E-state index contributed by atoms with van der Waals surface area (Å²) < 4.78 is 6.00. The van der Waals surface area contributed by atoms with Crippen LogP contribution in [0.3, 0.4) is 0 Å². The van der Waals surface area contributed by atoms with Crippen molar-refractivity contribution in [3.8, 4) is 0 Å². The van der Waals surface area contributed by atoms with Crippen molar-refractivity contribution in [3.05, 3.63) is 72.0 Å². The van der Waals surface area contributed by atoms with E-state index in [0.717, 1.165) is 37.9 Å². The zero-order valence-corrected chi connectivity index (χ0v) is 14.8. The van der Waals surface area contributed by atoms with Gasteiger partial charge in [-0.3, -0.25) is 4.79 Å². The van der Waals surface area contributed by atoms with E-state index in [1.807, 2.05) is 67.8 Å². The van der Waals surface area contributed by atoms with E-state index in [2.05, 4.69) is 11.4 Å². The highest BCUT2D eigenvalue weighted by molar-refractivity contribution is 7.98. The Kier molecular flexibility index (Phi) is 3.98. The molecule has 0 unspecified atom stereocenters. The Morgan fingerprint density at radius 3 is 2.56 bits per heavy atom. The lowest BCUT2D eigenvalue weighted by atomic mass is 10.1. The number of carbonyl (C=O) groups excluding carboxylic acids is 1. The number of aryl methyl sites for hydroxylation is 1. The number of nitrogens with one attached hydrogen (secondary N) is 1. The Labute approximate surface area is 150 Å². The van der Waals surface area contributed by atoms with E-state index in [0.29, 0.717) is 5.76 Å². The third-order valence-corrected chi connectivity index (χ3v) is 5.19. The predicted octanol–water partition coefficient (Wildman–Crippen LogP) is 5.87. The van der Waals surface area contributed by atoms with Gasteiger partial charge in [-0.15, -0.1) is 11.8 Å². The van der Waals surface area contributed by atoms with Crippen LogP contribution in [-0.2, 0) is 0 Å². The Hall–Kier alpha value is -2.72. The van der Waals surface area contributed by atoms with Crippen molar-refractivity contribution in [1.82, 2.24) is 0 Å². The molecule has 3 aromatic carbocycles. The molecule has 1 amide bonds. The van der Waals surface area contributed by atoms with Crippen LogP contribution in [0.5, 0.6) is 0 Å². The highest BCUT2D eigenvalue weighted by Gasteiger charge is 2.19. The maximum absolute atomic E-state index is 12.8. The molecule has 4 heteroatoms. The Morgan fingerprint density at radius 2 is 1.72 bits per heavy atom. The van der Waals surface area contributed by atoms with Crippen molar-refractivity contribution >= 4 is 45.1 Å². The van der Waals surface area contributed by atoms with Crippen molar-refractivity contribution in [1.29, 1.82) is 0 Å². The molecule has 0 spiro atoms. The van der Waals surface area contributed by atoms with Gasteiger partial charge in [0.15, 0.2) is 5.76 Å². The molecule has 1 aromatic heterocycles. The number of amides is 1. The second-order valence-corrected chi connectivity index (χ2v) is 6.72. The number of fused-ring (bicyclic) bond motifs is 3. The molecule has 124 valence electrons. The molecule has 0 aliphatic carbocycles. The highest BCUT2D eigenvalue weighted by atomic mass is 32.2. The summed E-state index contributed by atoms with van der Waals surface area (Å²) in [4.78, 5) is 13.8. The summed E-state index contributed by atoms with van der Waals surface area (Å²) >= 11 is 1.60. The fraction of sp³-hybridized carbons (Fsp3) is 0.0952. The Bertz CT molecular complexity index is 1100. The van der Waals surface area contributed by atoms with Crippen LogP contribution < -0.4 is 5.32 Å². The van der Waals surface area contributed by atoms with E-state index in [-0.39, 0.29) is 5.91 Å². The average molecular weight is 347 g/mol.